The van der Waals surface area contributed by atoms with Crippen molar-refractivity contribution in [1.29, 1.82) is 0 Å². The Kier molecular flexibility index (Phi) is 11.5. The van der Waals surface area contributed by atoms with Crippen molar-refractivity contribution in [1.82, 2.24) is 0 Å². The van der Waals surface area contributed by atoms with Gasteiger partial charge in [0, 0.05) is 0 Å². The molecule has 0 heterocycles. The second-order valence-corrected chi connectivity index (χ2v) is 20.2. The lowest BCUT2D eigenvalue weighted by atomic mass is 10.2. The minimum absolute atomic E-state index is 0.311. The molecule has 0 radical (unpaired) electrons. The topological polar surface area (TPSA) is 0 Å². The normalized spacial score (nSPS) is 11.6. The molecular weight excluding hydrogens is 597 g/mol. The molecule has 0 saturated carbocycles. The molecule has 0 aliphatic rings. The zero-order valence-electron chi connectivity index (χ0n) is 28.5. The van der Waals surface area contributed by atoms with Gasteiger partial charge in [0.2, 0.25) is 0 Å². The van der Waals surface area contributed by atoms with E-state index in [2.05, 4.69) is 159 Å². The molecular formula is C42H49P3. The van der Waals surface area contributed by atoms with Gasteiger partial charge in [-0.3, -0.25) is 0 Å². The van der Waals surface area contributed by atoms with Crippen LogP contribution in [0.15, 0.2) is 103 Å². The van der Waals surface area contributed by atoms with Crippen LogP contribution in [-0.2, 0) is 0 Å². The maximum atomic E-state index is 2.46. The van der Waals surface area contributed by atoms with Crippen LogP contribution in [0.4, 0.5) is 0 Å². The lowest BCUT2D eigenvalue weighted by Gasteiger charge is -2.27. The van der Waals surface area contributed by atoms with E-state index in [4.69, 9.17) is 0 Å². The van der Waals surface area contributed by atoms with Crippen LogP contribution in [0.3, 0.4) is 0 Å². The molecule has 0 atom stereocenters. The first-order chi connectivity index (χ1) is 21.5. The van der Waals surface area contributed by atoms with Crippen molar-refractivity contribution >= 4 is 50.3 Å². The van der Waals surface area contributed by atoms with E-state index in [1.54, 1.807) is 5.30 Å². The van der Waals surface area contributed by atoms with Gasteiger partial charge in [0.1, 0.15) is 0 Å². The van der Waals surface area contributed by atoms with E-state index >= 15 is 0 Å². The largest absolute Gasteiger partial charge is 0.0746 e. The fraction of sp³-hybridized carbons (Fsp3) is 0.286. The van der Waals surface area contributed by atoms with Crippen molar-refractivity contribution in [2.75, 3.05) is 24.6 Å². The first kappa shape index (κ1) is 33.7. The fourth-order valence-electron chi connectivity index (χ4n) is 6.69. The van der Waals surface area contributed by atoms with E-state index in [9.17, 15) is 0 Å². The van der Waals surface area contributed by atoms with Gasteiger partial charge in [0.25, 0.3) is 0 Å². The van der Waals surface area contributed by atoms with Gasteiger partial charge in [-0.25, -0.2) is 0 Å². The predicted molar refractivity (Wildman–Crippen MR) is 209 cm³/mol. The van der Waals surface area contributed by atoms with Crippen LogP contribution < -0.4 is 26.5 Å². The van der Waals surface area contributed by atoms with Crippen LogP contribution in [-0.4, -0.2) is 24.6 Å². The second-order valence-electron chi connectivity index (χ2n) is 13.0. The molecule has 0 aliphatic heterocycles. The molecule has 232 valence electrons. The first-order valence-corrected chi connectivity index (χ1v) is 21.0. The standard InChI is InChI=1S/C42H49P3/c1-30-18-31(2)23-39(22-30)44(40-24-32(3)19-33(4)25-40)16-14-43(38-12-10-9-11-13-38)15-17-45(41-26-34(5)20-35(6)27-41)42-28-36(7)21-37(8)29-42/h9-13,18-29H,14-17H2,1-8H3. The molecule has 0 aliphatic carbocycles. The molecule has 5 rings (SSSR count). The Labute approximate surface area is 277 Å². The van der Waals surface area contributed by atoms with Crippen LogP contribution in [0.5, 0.6) is 0 Å². The van der Waals surface area contributed by atoms with E-state index in [1.165, 1.54) is 90.4 Å². The highest BCUT2D eigenvalue weighted by Gasteiger charge is 2.22. The molecule has 0 fully saturated rings. The molecule has 0 bridgehead atoms. The summed E-state index contributed by atoms with van der Waals surface area (Å²) in [5.74, 6) is 0. The number of rotatable bonds is 11. The van der Waals surface area contributed by atoms with E-state index in [0.29, 0.717) is 0 Å². The van der Waals surface area contributed by atoms with Crippen molar-refractivity contribution in [2.24, 2.45) is 0 Å². The maximum Gasteiger partial charge on any atom is -0.0190 e. The summed E-state index contributed by atoms with van der Waals surface area (Å²) in [4.78, 5) is 0. The number of benzene rings is 5. The van der Waals surface area contributed by atoms with Gasteiger partial charge in [-0.2, -0.15) is 0 Å². The summed E-state index contributed by atoms with van der Waals surface area (Å²) in [6.07, 6.45) is 4.97. The van der Waals surface area contributed by atoms with Gasteiger partial charge in [-0.1, -0.05) is 156 Å². The SMILES string of the molecule is Cc1cc(C)cc(P(CCP(CCP(c2cc(C)cc(C)c2)c2cc(C)cc(C)c2)c2ccccc2)c2cc(C)cc(C)c2)c1. The van der Waals surface area contributed by atoms with Gasteiger partial charge in [0.05, 0.1) is 0 Å². The Morgan fingerprint density at radius 2 is 0.578 bits per heavy atom. The van der Waals surface area contributed by atoms with Crippen LogP contribution >= 0.6 is 23.8 Å². The predicted octanol–water partition coefficient (Wildman–Crippen LogP) is 9.53. The number of hydrogen-bond donors (Lipinski definition) is 0. The summed E-state index contributed by atoms with van der Waals surface area (Å²) in [5.41, 5.74) is 11.0. The van der Waals surface area contributed by atoms with Crippen molar-refractivity contribution in [3.8, 4) is 0 Å². The van der Waals surface area contributed by atoms with Gasteiger partial charge in [-0.15, -0.1) is 0 Å². The summed E-state index contributed by atoms with van der Waals surface area (Å²) in [7, 11) is -1.21. The monoisotopic (exact) mass is 646 g/mol. The molecule has 3 heteroatoms. The van der Waals surface area contributed by atoms with E-state index in [-0.39, 0.29) is 7.92 Å². The summed E-state index contributed by atoms with van der Waals surface area (Å²) in [6, 6.07) is 40.4. The molecule has 0 N–H and O–H groups in total. The molecule has 0 aromatic heterocycles. The fourth-order valence-corrected chi connectivity index (χ4v) is 16.1. The molecule has 5 aromatic carbocycles. The van der Waals surface area contributed by atoms with E-state index < -0.39 is 15.8 Å². The Morgan fingerprint density at radius 1 is 0.311 bits per heavy atom. The Bertz CT molecular complexity index is 1460. The van der Waals surface area contributed by atoms with Crippen LogP contribution in [0, 0.1) is 55.4 Å². The lowest BCUT2D eigenvalue weighted by molar-refractivity contribution is 1.38. The van der Waals surface area contributed by atoms with Gasteiger partial charge in [-0.05, 0) is 122 Å². The molecule has 0 unspecified atom stereocenters. The Hall–Kier alpha value is -2.61. The highest BCUT2D eigenvalue weighted by Crippen LogP contribution is 2.45. The van der Waals surface area contributed by atoms with Crippen LogP contribution in [0.1, 0.15) is 44.5 Å². The summed E-state index contributed by atoms with van der Waals surface area (Å²) < 4.78 is 0. The third-order valence-electron chi connectivity index (χ3n) is 8.38. The number of aryl methyl sites for hydroxylation is 8. The number of hydrogen-bond acceptors (Lipinski definition) is 0. The zero-order valence-corrected chi connectivity index (χ0v) is 31.2. The van der Waals surface area contributed by atoms with E-state index in [0.717, 1.165) is 0 Å². The van der Waals surface area contributed by atoms with Crippen molar-refractivity contribution in [3.63, 3.8) is 0 Å². The molecule has 0 saturated heterocycles. The molecule has 0 nitrogen and oxygen atoms in total. The average molecular weight is 647 g/mol. The van der Waals surface area contributed by atoms with Crippen LogP contribution in [0.25, 0.3) is 0 Å². The minimum Gasteiger partial charge on any atom is -0.0746 e. The van der Waals surface area contributed by atoms with Gasteiger partial charge >= 0.3 is 0 Å². The highest BCUT2D eigenvalue weighted by molar-refractivity contribution is 7.76. The lowest BCUT2D eigenvalue weighted by Crippen LogP contribution is -2.21. The first-order valence-electron chi connectivity index (χ1n) is 16.2. The van der Waals surface area contributed by atoms with Crippen molar-refractivity contribution < 1.29 is 0 Å². The maximum absolute atomic E-state index is 2.46. The summed E-state index contributed by atoms with van der Waals surface area (Å²) in [5, 5.41) is 7.68. The molecule has 0 amide bonds. The molecule has 0 spiro atoms. The average Bonchev–Trinajstić information content (AvgIpc) is 2.95. The third-order valence-corrected chi connectivity index (χ3v) is 16.5. The third kappa shape index (κ3) is 9.24. The molecule has 45 heavy (non-hydrogen) atoms. The van der Waals surface area contributed by atoms with Gasteiger partial charge < -0.3 is 0 Å². The summed E-state index contributed by atoms with van der Waals surface area (Å²) >= 11 is 0. The second kappa shape index (κ2) is 15.3. The van der Waals surface area contributed by atoms with Crippen molar-refractivity contribution in [3.05, 3.63) is 148 Å². The van der Waals surface area contributed by atoms with Crippen molar-refractivity contribution in [2.45, 2.75) is 55.4 Å². The van der Waals surface area contributed by atoms with Gasteiger partial charge in [0.15, 0.2) is 0 Å². The van der Waals surface area contributed by atoms with Crippen LogP contribution in [0.2, 0.25) is 0 Å². The highest BCUT2D eigenvalue weighted by atomic mass is 31.1. The molecule has 5 aromatic rings. The Morgan fingerprint density at radius 3 is 0.844 bits per heavy atom. The van der Waals surface area contributed by atoms with E-state index in [1.807, 2.05) is 0 Å². The minimum atomic E-state index is -0.448. The zero-order chi connectivity index (χ0) is 32.1. The summed E-state index contributed by atoms with van der Waals surface area (Å²) in [6.45, 7) is 18.0. The smallest absolute Gasteiger partial charge is 0.0190 e. The Balaban J connectivity index is 1.49. The quantitative estimate of drug-likeness (QED) is 0.125.